The summed E-state index contributed by atoms with van der Waals surface area (Å²) in [4.78, 5) is 36.7. The predicted molar refractivity (Wildman–Crippen MR) is 96.3 cm³/mol. The fraction of sp³-hybridized carbons (Fsp3) is 0.471. The lowest BCUT2D eigenvalue weighted by Crippen LogP contribution is -2.67. The van der Waals surface area contributed by atoms with Crippen LogP contribution in [0.2, 0.25) is 5.15 Å². The van der Waals surface area contributed by atoms with Crippen molar-refractivity contribution in [2.75, 3.05) is 0 Å². The van der Waals surface area contributed by atoms with Gasteiger partial charge >= 0.3 is 0 Å². The average Bonchev–Trinajstić information content (AvgIpc) is 3.15. The minimum Gasteiger partial charge on any atom is -0.390 e. The fourth-order valence-corrected chi connectivity index (χ4v) is 3.75. The molecule has 0 bridgehead atoms. The third-order valence-electron chi connectivity index (χ3n) is 5.02. The Morgan fingerprint density at radius 2 is 1.96 bits per heavy atom. The summed E-state index contributed by atoms with van der Waals surface area (Å²) < 4.78 is 6.87. The fourth-order valence-electron chi connectivity index (χ4n) is 3.58. The molecule has 0 amide bonds. The van der Waals surface area contributed by atoms with Crippen molar-refractivity contribution in [3.63, 3.8) is 0 Å². The van der Waals surface area contributed by atoms with Gasteiger partial charge in [0.15, 0.2) is 34.2 Å². The largest absolute Gasteiger partial charge is 0.390 e. The monoisotopic (exact) mass is 410 g/mol. The summed E-state index contributed by atoms with van der Waals surface area (Å²) in [5.74, 6) is -1.89. The van der Waals surface area contributed by atoms with Gasteiger partial charge in [0.05, 0.1) is 12.4 Å². The number of aliphatic hydroxyl groups is 3. The standard InChI is InChI=1S/C17H19ClN4O6/c1-4-5-10(25)12-16(26,8(2)23)17(27,9(3)24)15(28-12)22-7-21-11-13(18)19-6-20-14(11)22/h4,6-7,10,12,15,25-27H,1,5H2,2-3H3/t10?,12-,15-,16-,17+/m1/s1. The lowest BCUT2D eigenvalue weighted by molar-refractivity contribution is -0.183. The molecular formula is C17H19ClN4O6. The van der Waals surface area contributed by atoms with E-state index in [-0.39, 0.29) is 22.7 Å². The number of hydrogen-bond donors (Lipinski definition) is 3. The second-order valence-corrected chi connectivity index (χ2v) is 6.99. The molecule has 1 aliphatic heterocycles. The molecule has 28 heavy (non-hydrogen) atoms. The van der Waals surface area contributed by atoms with Crippen LogP contribution in [0.15, 0.2) is 25.3 Å². The van der Waals surface area contributed by atoms with E-state index >= 15 is 0 Å². The molecule has 10 nitrogen and oxygen atoms in total. The van der Waals surface area contributed by atoms with Crippen LogP contribution in [0.5, 0.6) is 0 Å². The summed E-state index contributed by atoms with van der Waals surface area (Å²) in [5.41, 5.74) is -5.18. The first kappa shape index (κ1) is 20.5. The maximum Gasteiger partial charge on any atom is 0.206 e. The highest BCUT2D eigenvalue weighted by atomic mass is 35.5. The van der Waals surface area contributed by atoms with E-state index in [1.807, 2.05) is 0 Å². The number of aliphatic hydroxyl groups excluding tert-OH is 1. The number of nitrogens with zero attached hydrogens (tertiary/aromatic N) is 4. The zero-order valence-corrected chi connectivity index (χ0v) is 15.9. The summed E-state index contributed by atoms with van der Waals surface area (Å²) in [5, 5.41) is 32.9. The highest BCUT2D eigenvalue weighted by molar-refractivity contribution is 6.33. The molecule has 150 valence electrons. The molecule has 2 aromatic rings. The molecule has 3 rings (SSSR count). The maximum absolute atomic E-state index is 12.5. The van der Waals surface area contributed by atoms with E-state index in [0.29, 0.717) is 0 Å². The van der Waals surface area contributed by atoms with E-state index < -0.39 is 41.2 Å². The molecule has 1 aliphatic rings. The number of ketones is 2. The quantitative estimate of drug-likeness (QED) is 0.440. The van der Waals surface area contributed by atoms with Crippen molar-refractivity contribution in [2.45, 2.75) is 49.9 Å². The SMILES string of the molecule is C=CCC(O)[C@H]1O[C@@H](n2cnc3c(Cl)ncnc32)[C@@](O)(C(C)=O)[C@@]1(O)C(C)=O. The van der Waals surface area contributed by atoms with Crippen molar-refractivity contribution in [3.8, 4) is 0 Å². The molecule has 0 spiro atoms. The lowest BCUT2D eigenvalue weighted by Gasteiger charge is -2.38. The average molecular weight is 411 g/mol. The first-order valence-electron chi connectivity index (χ1n) is 8.34. The Balaban J connectivity index is 2.25. The number of ether oxygens (including phenoxy) is 1. The summed E-state index contributed by atoms with van der Waals surface area (Å²) in [6.45, 7) is 5.50. The van der Waals surface area contributed by atoms with Crippen LogP contribution in [0.25, 0.3) is 11.2 Å². The predicted octanol–water partition coefficient (Wildman–Crippen LogP) is -0.0457. The van der Waals surface area contributed by atoms with E-state index in [4.69, 9.17) is 16.3 Å². The van der Waals surface area contributed by atoms with Crippen molar-refractivity contribution in [3.05, 3.63) is 30.5 Å². The number of Topliss-reactive ketones (excluding diaryl/α,β-unsaturated/α-hetero) is 2. The number of carbonyl (C=O) groups is 2. The molecule has 0 radical (unpaired) electrons. The van der Waals surface area contributed by atoms with Gasteiger partial charge in [-0.15, -0.1) is 6.58 Å². The van der Waals surface area contributed by atoms with Crippen LogP contribution in [-0.4, -0.2) is 69.8 Å². The van der Waals surface area contributed by atoms with E-state index in [2.05, 4.69) is 21.5 Å². The van der Waals surface area contributed by atoms with Crippen molar-refractivity contribution in [1.82, 2.24) is 19.5 Å². The van der Waals surface area contributed by atoms with Crippen LogP contribution >= 0.6 is 11.6 Å². The Hall–Kier alpha value is -2.24. The van der Waals surface area contributed by atoms with Crippen molar-refractivity contribution >= 4 is 34.3 Å². The van der Waals surface area contributed by atoms with Gasteiger partial charge in [0, 0.05) is 0 Å². The van der Waals surface area contributed by atoms with Crippen molar-refractivity contribution in [1.29, 1.82) is 0 Å². The Morgan fingerprint density at radius 1 is 1.32 bits per heavy atom. The second kappa shape index (κ2) is 6.98. The molecule has 1 saturated heterocycles. The zero-order chi connectivity index (χ0) is 20.9. The van der Waals surface area contributed by atoms with Crippen LogP contribution in [0, 0.1) is 0 Å². The van der Waals surface area contributed by atoms with Crippen LogP contribution in [0.3, 0.4) is 0 Å². The summed E-state index contributed by atoms with van der Waals surface area (Å²) in [6.07, 6.45) is -1.02. The Morgan fingerprint density at radius 3 is 2.54 bits per heavy atom. The molecule has 5 atom stereocenters. The normalized spacial score (nSPS) is 31.1. The Kier molecular flexibility index (Phi) is 5.11. The molecule has 11 heteroatoms. The molecule has 3 N–H and O–H groups in total. The van der Waals surface area contributed by atoms with Crippen LogP contribution in [-0.2, 0) is 14.3 Å². The molecule has 0 saturated carbocycles. The number of imidazole rings is 1. The minimum atomic E-state index is -2.73. The number of carbonyl (C=O) groups excluding carboxylic acids is 2. The third-order valence-corrected chi connectivity index (χ3v) is 5.30. The van der Waals surface area contributed by atoms with Crippen LogP contribution in [0.4, 0.5) is 0 Å². The van der Waals surface area contributed by atoms with Crippen LogP contribution < -0.4 is 0 Å². The number of halogens is 1. The Labute approximate surface area is 164 Å². The first-order chi connectivity index (χ1) is 13.1. The topological polar surface area (TPSA) is 148 Å². The summed E-state index contributed by atoms with van der Waals surface area (Å²) >= 11 is 5.99. The lowest BCUT2D eigenvalue weighted by atomic mass is 9.73. The molecule has 1 fully saturated rings. The van der Waals surface area contributed by atoms with Crippen molar-refractivity contribution < 1.29 is 29.6 Å². The van der Waals surface area contributed by atoms with E-state index in [1.54, 1.807) is 0 Å². The molecular weight excluding hydrogens is 392 g/mol. The molecule has 0 aromatic carbocycles. The van der Waals surface area contributed by atoms with E-state index in [1.165, 1.54) is 17.0 Å². The van der Waals surface area contributed by atoms with Gasteiger partial charge in [-0.05, 0) is 20.3 Å². The van der Waals surface area contributed by atoms with Crippen molar-refractivity contribution in [2.24, 2.45) is 0 Å². The van der Waals surface area contributed by atoms with E-state index in [0.717, 1.165) is 20.2 Å². The summed E-state index contributed by atoms with van der Waals surface area (Å²) in [6, 6.07) is 0. The maximum atomic E-state index is 12.5. The highest BCUT2D eigenvalue weighted by Crippen LogP contribution is 2.49. The van der Waals surface area contributed by atoms with Gasteiger partial charge in [-0.1, -0.05) is 17.7 Å². The second-order valence-electron chi connectivity index (χ2n) is 6.63. The van der Waals surface area contributed by atoms with Gasteiger partial charge in [-0.3, -0.25) is 14.2 Å². The van der Waals surface area contributed by atoms with Gasteiger partial charge in [0.1, 0.15) is 17.9 Å². The smallest absolute Gasteiger partial charge is 0.206 e. The number of fused-ring (bicyclic) bond motifs is 1. The molecule has 1 unspecified atom stereocenters. The van der Waals surface area contributed by atoms with E-state index in [9.17, 15) is 24.9 Å². The zero-order valence-electron chi connectivity index (χ0n) is 15.1. The number of aromatic nitrogens is 4. The highest BCUT2D eigenvalue weighted by Gasteiger charge is 2.73. The van der Waals surface area contributed by atoms with Gasteiger partial charge in [-0.25, -0.2) is 15.0 Å². The van der Waals surface area contributed by atoms with Gasteiger partial charge < -0.3 is 20.1 Å². The minimum absolute atomic E-state index is 0.0261. The summed E-state index contributed by atoms with van der Waals surface area (Å²) in [7, 11) is 0. The Bertz CT molecular complexity index is 964. The molecule has 3 heterocycles. The van der Waals surface area contributed by atoms with Gasteiger partial charge in [0.2, 0.25) is 5.60 Å². The molecule has 0 aliphatic carbocycles. The first-order valence-corrected chi connectivity index (χ1v) is 8.72. The number of rotatable bonds is 6. The third kappa shape index (κ3) is 2.60. The molecule has 2 aromatic heterocycles. The van der Waals surface area contributed by atoms with Crippen LogP contribution in [0.1, 0.15) is 26.5 Å². The van der Waals surface area contributed by atoms with Gasteiger partial charge in [0.25, 0.3) is 0 Å². The number of hydrogen-bond acceptors (Lipinski definition) is 9. The van der Waals surface area contributed by atoms with Gasteiger partial charge in [-0.2, -0.15) is 0 Å².